The molecule has 0 saturated carbocycles. The lowest BCUT2D eigenvalue weighted by atomic mass is 10.1. The molecule has 1 heterocycles. The molecular weight excluding hydrogens is 367 g/mol. The number of methoxy groups -OCH3 is 3. The number of ether oxygens (including phenoxy) is 3. The molecule has 0 spiro atoms. The van der Waals surface area contributed by atoms with Crippen LogP contribution in [0, 0.1) is 11.7 Å². The van der Waals surface area contributed by atoms with E-state index in [1.54, 1.807) is 18.2 Å². The summed E-state index contributed by atoms with van der Waals surface area (Å²) in [4.78, 5) is 26.5. The van der Waals surface area contributed by atoms with Crippen LogP contribution in [-0.4, -0.2) is 39.7 Å². The fraction of sp³-hybridized carbons (Fsp3) is 0.300. The zero-order valence-electron chi connectivity index (χ0n) is 15.8. The highest BCUT2D eigenvalue weighted by molar-refractivity contribution is 6.03. The number of carbonyl (C=O) groups is 2. The molecule has 1 saturated heterocycles. The number of amides is 2. The maximum atomic E-state index is 13.8. The molecule has 0 radical (unpaired) electrons. The largest absolute Gasteiger partial charge is 0.493 e. The van der Waals surface area contributed by atoms with Crippen LogP contribution >= 0.6 is 0 Å². The predicted molar refractivity (Wildman–Crippen MR) is 102 cm³/mol. The van der Waals surface area contributed by atoms with Crippen molar-refractivity contribution in [1.29, 1.82) is 0 Å². The van der Waals surface area contributed by atoms with Gasteiger partial charge in [0.1, 0.15) is 5.82 Å². The zero-order valence-corrected chi connectivity index (χ0v) is 15.8. The smallest absolute Gasteiger partial charge is 0.229 e. The second kappa shape index (κ2) is 8.16. The molecule has 1 N–H and O–H groups in total. The van der Waals surface area contributed by atoms with Crippen molar-refractivity contribution in [2.24, 2.45) is 5.92 Å². The fourth-order valence-corrected chi connectivity index (χ4v) is 3.15. The van der Waals surface area contributed by atoms with Gasteiger partial charge in [-0.2, -0.15) is 0 Å². The number of nitrogens with one attached hydrogen (secondary N) is 1. The second-order valence-electron chi connectivity index (χ2n) is 6.26. The van der Waals surface area contributed by atoms with Crippen molar-refractivity contribution < 1.29 is 28.2 Å². The van der Waals surface area contributed by atoms with E-state index in [-0.39, 0.29) is 24.6 Å². The van der Waals surface area contributed by atoms with Crippen LogP contribution in [0.5, 0.6) is 17.2 Å². The van der Waals surface area contributed by atoms with Crippen molar-refractivity contribution >= 4 is 23.2 Å². The van der Waals surface area contributed by atoms with Crippen LogP contribution in [0.25, 0.3) is 0 Å². The van der Waals surface area contributed by atoms with Crippen LogP contribution in [0.3, 0.4) is 0 Å². The molecule has 0 aromatic heterocycles. The van der Waals surface area contributed by atoms with Crippen molar-refractivity contribution in [3.8, 4) is 17.2 Å². The molecule has 7 nitrogen and oxygen atoms in total. The van der Waals surface area contributed by atoms with Crippen molar-refractivity contribution in [3.63, 3.8) is 0 Å². The first-order valence-electron chi connectivity index (χ1n) is 8.64. The van der Waals surface area contributed by atoms with Crippen LogP contribution in [-0.2, 0) is 9.59 Å². The summed E-state index contributed by atoms with van der Waals surface area (Å²) in [5, 5.41) is 2.55. The van der Waals surface area contributed by atoms with Crippen molar-refractivity contribution in [3.05, 3.63) is 42.2 Å². The average molecular weight is 388 g/mol. The summed E-state index contributed by atoms with van der Waals surface area (Å²) in [5.74, 6) is -0.536. The van der Waals surface area contributed by atoms with Crippen LogP contribution in [0.1, 0.15) is 6.42 Å². The van der Waals surface area contributed by atoms with Gasteiger partial charge in [-0.15, -0.1) is 0 Å². The Hall–Kier alpha value is -3.29. The van der Waals surface area contributed by atoms with Gasteiger partial charge in [-0.3, -0.25) is 9.59 Å². The molecule has 1 aliphatic heterocycles. The van der Waals surface area contributed by atoms with E-state index < -0.39 is 17.6 Å². The predicted octanol–water partition coefficient (Wildman–Crippen LogP) is 2.84. The van der Waals surface area contributed by atoms with E-state index in [0.29, 0.717) is 22.9 Å². The van der Waals surface area contributed by atoms with E-state index in [2.05, 4.69) is 5.32 Å². The Morgan fingerprint density at radius 3 is 2.32 bits per heavy atom. The number of rotatable bonds is 6. The zero-order chi connectivity index (χ0) is 20.3. The lowest BCUT2D eigenvalue weighted by molar-refractivity contribution is -0.122. The summed E-state index contributed by atoms with van der Waals surface area (Å²) in [6.07, 6.45) is 0.0247. The average Bonchev–Trinajstić information content (AvgIpc) is 3.10. The fourth-order valence-electron chi connectivity index (χ4n) is 3.15. The second-order valence-corrected chi connectivity index (χ2v) is 6.26. The Kier molecular flexibility index (Phi) is 5.67. The number of hydrogen-bond donors (Lipinski definition) is 1. The molecule has 0 bridgehead atoms. The summed E-state index contributed by atoms with van der Waals surface area (Å²) < 4.78 is 29.7. The molecule has 2 aromatic carbocycles. The molecule has 2 aromatic rings. The molecule has 2 amide bonds. The minimum absolute atomic E-state index is 0.0247. The summed E-state index contributed by atoms with van der Waals surface area (Å²) in [5.41, 5.74) is 0.617. The number of carbonyl (C=O) groups excluding carboxylic acids is 2. The van der Waals surface area contributed by atoms with Crippen molar-refractivity contribution in [1.82, 2.24) is 0 Å². The first kappa shape index (κ1) is 19.5. The summed E-state index contributed by atoms with van der Waals surface area (Å²) in [6, 6.07) is 9.20. The van der Waals surface area contributed by atoms with Gasteiger partial charge in [0.2, 0.25) is 17.6 Å². The molecule has 1 aliphatic rings. The number of anilines is 2. The molecule has 3 rings (SSSR count). The normalized spacial score (nSPS) is 16.1. The van der Waals surface area contributed by atoms with Gasteiger partial charge in [-0.25, -0.2) is 4.39 Å². The first-order chi connectivity index (χ1) is 13.5. The van der Waals surface area contributed by atoms with Gasteiger partial charge in [-0.05, 0) is 12.1 Å². The molecule has 148 valence electrons. The maximum absolute atomic E-state index is 13.8. The first-order valence-corrected chi connectivity index (χ1v) is 8.64. The van der Waals surface area contributed by atoms with Gasteiger partial charge in [0, 0.05) is 25.1 Å². The lowest BCUT2D eigenvalue weighted by Crippen LogP contribution is -2.28. The standard InChI is InChI=1S/C20H21FN2O5/c1-26-16-9-13(10-17(27-2)19(16)28-3)23-11-12(8-18(23)24)20(25)22-15-7-5-4-6-14(15)21/h4-7,9-10,12H,8,11H2,1-3H3,(H,22,25)/t12-/m0/s1. The number of benzene rings is 2. The highest BCUT2D eigenvalue weighted by Gasteiger charge is 2.36. The highest BCUT2D eigenvalue weighted by atomic mass is 19.1. The molecule has 0 unspecified atom stereocenters. The number of halogens is 1. The Labute approximate surface area is 162 Å². The Balaban J connectivity index is 1.81. The Morgan fingerprint density at radius 1 is 1.11 bits per heavy atom. The summed E-state index contributed by atoms with van der Waals surface area (Å²) in [6.45, 7) is 0.164. The lowest BCUT2D eigenvalue weighted by Gasteiger charge is -2.20. The van der Waals surface area contributed by atoms with Gasteiger partial charge in [0.25, 0.3) is 0 Å². The molecule has 0 aliphatic carbocycles. The SMILES string of the molecule is COc1cc(N2C[C@@H](C(=O)Nc3ccccc3F)CC2=O)cc(OC)c1OC. The molecule has 1 atom stereocenters. The van der Waals surface area contributed by atoms with Gasteiger partial charge in [-0.1, -0.05) is 12.1 Å². The van der Waals surface area contributed by atoms with Gasteiger partial charge >= 0.3 is 0 Å². The van der Waals surface area contributed by atoms with Crippen LogP contribution in [0.4, 0.5) is 15.8 Å². The third-order valence-corrected chi connectivity index (χ3v) is 4.59. The van der Waals surface area contributed by atoms with Gasteiger partial charge in [0.15, 0.2) is 11.5 Å². The quantitative estimate of drug-likeness (QED) is 0.824. The molecule has 1 fully saturated rings. The topological polar surface area (TPSA) is 77.1 Å². The van der Waals surface area contributed by atoms with E-state index in [1.165, 1.54) is 44.4 Å². The molecule has 28 heavy (non-hydrogen) atoms. The van der Waals surface area contributed by atoms with Crippen LogP contribution < -0.4 is 24.4 Å². The molecular formula is C20H21FN2O5. The van der Waals surface area contributed by atoms with Crippen molar-refractivity contribution in [2.75, 3.05) is 38.1 Å². The van der Waals surface area contributed by atoms with E-state index in [9.17, 15) is 14.0 Å². The number of hydrogen-bond acceptors (Lipinski definition) is 5. The highest BCUT2D eigenvalue weighted by Crippen LogP contribution is 2.42. The monoisotopic (exact) mass is 388 g/mol. The van der Waals surface area contributed by atoms with E-state index in [1.807, 2.05) is 0 Å². The van der Waals surface area contributed by atoms with E-state index >= 15 is 0 Å². The minimum atomic E-state index is -0.605. The summed E-state index contributed by atoms with van der Waals surface area (Å²) >= 11 is 0. The summed E-state index contributed by atoms with van der Waals surface area (Å²) in [7, 11) is 4.46. The third-order valence-electron chi connectivity index (χ3n) is 4.59. The Bertz CT molecular complexity index is 877. The van der Waals surface area contributed by atoms with Crippen molar-refractivity contribution in [2.45, 2.75) is 6.42 Å². The minimum Gasteiger partial charge on any atom is -0.493 e. The number of nitrogens with zero attached hydrogens (tertiary/aromatic N) is 1. The van der Waals surface area contributed by atoms with Crippen LogP contribution in [0.15, 0.2) is 36.4 Å². The maximum Gasteiger partial charge on any atom is 0.229 e. The van der Waals surface area contributed by atoms with Gasteiger partial charge < -0.3 is 24.4 Å². The van der Waals surface area contributed by atoms with E-state index in [4.69, 9.17) is 14.2 Å². The third kappa shape index (κ3) is 3.71. The van der Waals surface area contributed by atoms with Gasteiger partial charge in [0.05, 0.1) is 38.6 Å². The molecule has 8 heteroatoms. The van der Waals surface area contributed by atoms with Crippen LogP contribution in [0.2, 0.25) is 0 Å². The van der Waals surface area contributed by atoms with E-state index in [0.717, 1.165) is 0 Å². The Morgan fingerprint density at radius 2 is 1.75 bits per heavy atom. The number of para-hydroxylation sites is 1.